The SMILES string of the molecule is C[C@@]1(C(=O)Nc2nccs2)Cc2ccc(O)cc2[C@H]1Cc1ccccc1. The lowest BCUT2D eigenvalue weighted by molar-refractivity contribution is -0.125. The van der Waals surface area contributed by atoms with E-state index in [0.29, 0.717) is 11.6 Å². The van der Waals surface area contributed by atoms with E-state index in [-0.39, 0.29) is 17.6 Å². The van der Waals surface area contributed by atoms with Gasteiger partial charge < -0.3 is 10.4 Å². The molecule has 3 aromatic rings. The molecule has 0 aliphatic heterocycles. The van der Waals surface area contributed by atoms with Crippen LogP contribution in [0.4, 0.5) is 5.13 Å². The van der Waals surface area contributed by atoms with Crippen molar-refractivity contribution in [2.45, 2.75) is 25.7 Å². The Kier molecular flexibility index (Phi) is 4.24. The maximum atomic E-state index is 13.2. The molecule has 0 radical (unpaired) electrons. The molecule has 0 saturated carbocycles. The minimum atomic E-state index is -0.600. The number of carbonyl (C=O) groups excluding carboxylic acids is 1. The molecule has 0 saturated heterocycles. The fraction of sp³-hybridized carbons (Fsp3) is 0.238. The predicted octanol–water partition coefficient (Wildman–Crippen LogP) is 4.38. The number of nitrogens with zero attached hydrogens (tertiary/aromatic N) is 1. The molecule has 1 aromatic heterocycles. The highest BCUT2D eigenvalue weighted by molar-refractivity contribution is 7.13. The number of nitrogens with one attached hydrogen (secondary N) is 1. The fourth-order valence-electron chi connectivity index (χ4n) is 3.88. The van der Waals surface area contributed by atoms with Gasteiger partial charge in [-0.2, -0.15) is 0 Å². The summed E-state index contributed by atoms with van der Waals surface area (Å²) in [4.78, 5) is 17.4. The number of amides is 1. The first-order valence-corrected chi connectivity index (χ1v) is 9.51. The van der Waals surface area contributed by atoms with Crippen LogP contribution in [-0.2, 0) is 17.6 Å². The third-order valence-electron chi connectivity index (χ3n) is 5.29. The number of thiazole rings is 1. The van der Waals surface area contributed by atoms with Crippen molar-refractivity contribution in [3.63, 3.8) is 0 Å². The van der Waals surface area contributed by atoms with Gasteiger partial charge in [-0.15, -0.1) is 11.3 Å². The summed E-state index contributed by atoms with van der Waals surface area (Å²) in [5.41, 5.74) is 2.77. The largest absolute Gasteiger partial charge is 0.508 e. The standard InChI is InChI=1S/C21H20N2O2S/c1-21(19(25)23-20-22-9-10-26-20)13-15-7-8-16(24)12-17(15)18(21)11-14-5-3-2-4-6-14/h2-10,12,18,24H,11,13H2,1H3,(H,22,23,25)/t18-,21-/m1/s1. The second-order valence-electron chi connectivity index (χ2n) is 7.01. The Morgan fingerprint density at radius 3 is 2.85 bits per heavy atom. The Morgan fingerprint density at radius 2 is 2.12 bits per heavy atom. The van der Waals surface area contributed by atoms with E-state index >= 15 is 0 Å². The average Bonchev–Trinajstić information content (AvgIpc) is 3.24. The number of aromatic nitrogens is 1. The number of rotatable bonds is 4. The van der Waals surface area contributed by atoms with Gasteiger partial charge in [0, 0.05) is 17.5 Å². The highest BCUT2D eigenvalue weighted by Gasteiger charge is 2.48. The van der Waals surface area contributed by atoms with E-state index in [0.717, 1.165) is 17.5 Å². The first kappa shape index (κ1) is 16.8. The third-order valence-corrected chi connectivity index (χ3v) is 5.97. The number of hydrogen-bond acceptors (Lipinski definition) is 4. The van der Waals surface area contributed by atoms with Gasteiger partial charge in [-0.25, -0.2) is 4.98 Å². The zero-order valence-electron chi connectivity index (χ0n) is 14.5. The van der Waals surface area contributed by atoms with Gasteiger partial charge >= 0.3 is 0 Å². The Labute approximate surface area is 156 Å². The number of fused-ring (bicyclic) bond motifs is 1. The molecular weight excluding hydrogens is 344 g/mol. The molecule has 1 amide bonds. The molecule has 2 N–H and O–H groups in total. The third kappa shape index (κ3) is 2.99. The number of phenols is 1. The van der Waals surface area contributed by atoms with E-state index in [1.54, 1.807) is 12.3 Å². The number of benzene rings is 2. The molecule has 2 atom stereocenters. The lowest BCUT2D eigenvalue weighted by Crippen LogP contribution is -2.38. The molecule has 4 nitrogen and oxygen atoms in total. The topological polar surface area (TPSA) is 62.2 Å². The first-order chi connectivity index (χ1) is 12.6. The fourth-order valence-corrected chi connectivity index (χ4v) is 4.40. The number of aromatic hydroxyl groups is 1. The Bertz CT molecular complexity index is 924. The molecule has 0 bridgehead atoms. The van der Waals surface area contributed by atoms with E-state index in [4.69, 9.17) is 0 Å². The van der Waals surface area contributed by atoms with Crippen LogP contribution in [0.25, 0.3) is 0 Å². The molecular formula is C21H20N2O2S. The number of carbonyl (C=O) groups is 1. The van der Waals surface area contributed by atoms with Gasteiger partial charge in [0.05, 0.1) is 5.41 Å². The van der Waals surface area contributed by atoms with Gasteiger partial charge in [-0.3, -0.25) is 4.79 Å². The van der Waals surface area contributed by atoms with E-state index < -0.39 is 5.41 Å². The summed E-state index contributed by atoms with van der Waals surface area (Å²) in [7, 11) is 0. The minimum Gasteiger partial charge on any atom is -0.508 e. The van der Waals surface area contributed by atoms with Crippen molar-refractivity contribution in [1.82, 2.24) is 4.98 Å². The summed E-state index contributed by atoms with van der Waals surface area (Å²) in [6.07, 6.45) is 3.09. The normalized spacial score (nSPS) is 21.3. The van der Waals surface area contributed by atoms with E-state index in [9.17, 15) is 9.90 Å². The molecule has 0 fully saturated rings. The molecule has 1 aliphatic carbocycles. The van der Waals surface area contributed by atoms with Crippen LogP contribution in [0.3, 0.4) is 0 Å². The number of phenolic OH excluding ortho intramolecular Hbond substituents is 1. The highest BCUT2D eigenvalue weighted by atomic mass is 32.1. The summed E-state index contributed by atoms with van der Waals surface area (Å²) in [6, 6.07) is 15.6. The summed E-state index contributed by atoms with van der Waals surface area (Å²) in [5.74, 6) is 0.211. The van der Waals surface area contributed by atoms with Crippen molar-refractivity contribution < 1.29 is 9.90 Å². The monoisotopic (exact) mass is 364 g/mol. The minimum absolute atomic E-state index is 0.00744. The van der Waals surface area contributed by atoms with Gasteiger partial charge in [0.25, 0.3) is 0 Å². The van der Waals surface area contributed by atoms with Crippen molar-refractivity contribution in [3.05, 3.63) is 76.8 Å². The predicted molar refractivity (Wildman–Crippen MR) is 104 cm³/mol. The molecule has 0 unspecified atom stereocenters. The molecule has 1 aliphatic rings. The smallest absolute Gasteiger partial charge is 0.233 e. The lowest BCUT2D eigenvalue weighted by atomic mass is 9.74. The van der Waals surface area contributed by atoms with Gasteiger partial charge in [-0.1, -0.05) is 36.4 Å². The first-order valence-electron chi connectivity index (χ1n) is 8.63. The van der Waals surface area contributed by atoms with Gasteiger partial charge in [-0.05, 0) is 48.6 Å². The van der Waals surface area contributed by atoms with Crippen LogP contribution in [-0.4, -0.2) is 16.0 Å². The Hall–Kier alpha value is -2.66. The average molecular weight is 364 g/mol. The van der Waals surface area contributed by atoms with Crippen LogP contribution in [0.5, 0.6) is 5.75 Å². The molecule has 4 rings (SSSR count). The molecule has 26 heavy (non-hydrogen) atoms. The summed E-state index contributed by atoms with van der Waals surface area (Å²) in [5, 5.41) is 15.4. The molecule has 2 aromatic carbocycles. The quantitative estimate of drug-likeness (QED) is 0.722. The van der Waals surface area contributed by atoms with Crippen LogP contribution < -0.4 is 5.32 Å². The number of anilines is 1. The zero-order chi connectivity index (χ0) is 18.1. The van der Waals surface area contributed by atoms with Crippen LogP contribution in [0.15, 0.2) is 60.1 Å². The van der Waals surface area contributed by atoms with Crippen molar-refractivity contribution in [3.8, 4) is 5.75 Å². The Balaban J connectivity index is 1.71. The van der Waals surface area contributed by atoms with E-state index in [1.165, 1.54) is 16.9 Å². The number of hydrogen-bond donors (Lipinski definition) is 2. The highest BCUT2D eigenvalue weighted by Crippen LogP contribution is 2.50. The van der Waals surface area contributed by atoms with Crippen LogP contribution in [0.2, 0.25) is 0 Å². The van der Waals surface area contributed by atoms with Crippen LogP contribution in [0.1, 0.15) is 29.5 Å². The maximum Gasteiger partial charge on any atom is 0.233 e. The summed E-state index contributed by atoms with van der Waals surface area (Å²) < 4.78 is 0. The van der Waals surface area contributed by atoms with Crippen molar-refractivity contribution >= 4 is 22.4 Å². The van der Waals surface area contributed by atoms with Gasteiger partial charge in [0.1, 0.15) is 5.75 Å². The summed E-state index contributed by atoms with van der Waals surface area (Å²) >= 11 is 1.42. The second kappa shape index (κ2) is 6.57. The van der Waals surface area contributed by atoms with E-state index in [1.807, 2.05) is 42.6 Å². The Morgan fingerprint density at radius 1 is 1.31 bits per heavy atom. The van der Waals surface area contributed by atoms with E-state index in [2.05, 4.69) is 22.4 Å². The van der Waals surface area contributed by atoms with Crippen LogP contribution >= 0.6 is 11.3 Å². The van der Waals surface area contributed by atoms with Gasteiger partial charge in [0.2, 0.25) is 5.91 Å². The van der Waals surface area contributed by atoms with Crippen molar-refractivity contribution in [2.24, 2.45) is 5.41 Å². The lowest BCUT2D eigenvalue weighted by Gasteiger charge is -2.30. The van der Waals surface area contributed by atoms with Crippen LogP contribution in [0, 0.1) is 5.41 Å². The van der Waals surface area contributed by atoms with Crippen molar-refractivity contribution in [2.75, 3.05) is 5.32 Å². The molecule has 0 spiro atoms. The van der Waals surface area contributed by atoms with Gasteiger partial charge in [0.15, 0.2) is 5.13 Å². The second-order valence-corrected chi connectivity index (χ2v) is 7.91. The molecule has 1 heterocycles. The summed E-state index contributed by atoms with van der Waals surface area (Å²) in [6.45, 7) is 2.01. The maximum absolute atomic E-state index is 13.2. The molecule has 5 heteroatoms. The molecule has 132 valence electrons. The zero-order valence-corrected chi connectivity index (χ0v) is 15.3. The van der Waals surface area contributed by atoms with Crippen molar-refractivity contribution in [1.29, 1.82) is 0 Å².